The molecular formula is C20H25NO2. The summed E-state index contributed by atoms with van der Waals surface area (Å²) in [5.41, 5.74) is 3.11. The van der Waals surface area contributed by atoms with Gasteiger partial charge in [0, 0.05) is 5.56 Å². The molecule has 0 saturated carbocycles. The van der Waals surface area contributed by atoms with E-state index in [1.165, 1.54) is 5.56 Å². The van der Waals surface area contributed by atoms with Gasteiger partial charge in [-0.2, -0.15) is 0 Å². The third-order valence-electron chi connectivity index (χ3n) is 3.96. The summed E-state index contributed by atoms with van der Waals surface area (Å²) in [5, 5.41) is 3.03. The van der Waals surface area contributed by atoms with E-state index in [0.29, 0.717) is 11.3 Å². The zero-order chi connectivity index (χ0) is 17.0. The molecule has 2 rings (SSSR count). The quantitative estimate of drug-likeness (QED) is 0.904. The van der Waals surface area contributed by atoms with E-state index in [9.17, 15) is 4.79 Å². The highest BCUT2D eigenvalue weighted by Gasteiger charge is 2.15. The summed E-state index contributed by atoms with van der Waals surface area (Å²) in [7, 11) is 1.59. The monoisotopic (exact) mass is 311 g/mol. The maximum Gasteiger partial charge on any atom is 0.251 e. The summed E-state index contributed by atoms with van der Waals surface area (Å²) in [5.74, 6) is 0.580. The lowest BCUT2D eigenvalue weighted by Gasteiger charge is -2.20. The summed E-state index contributed by atoms with van der Waals surface area (Å²) in [6, 6.07) is 15.5. The summed E-state index contributed by atoms with van der Waals surface area (Å²) >= 11 is 0. The Kier molecular flexibility index (Phi) is 5.09. The van der Waals surface area contributed by atoms with Gasteiger partial charge in [0.05, 0.1) is 13.2 Å². The molecule has 0 aromatic heterocycles. The number of benzene rings is 2. The first kappa shape index (κ1) is 17.1. The number of rotatable bonds is 4. The van der Waals surface area contributed by atoms with E-state index in [1.54, 1.807) is 19.2 Å². The van der Waals surface area contributed by atoms with Crippen LogP contribution in [0.25, 0.3) is 0 Å². The number of methoxy groups -OCH3 is 1. The molecule has 2 aromatic carbocycles. The minimum atomic E-state index is -0.101. The highest BCUT2D eigenvalue weighted by molar-refractivity contribution is 5.94. The van der Waals surface area contributed by atoms with Crippen molar-refractivity contribution in [3.05, 3.63) is 65.2 Å². The number of carbonyl (C=O) groups excluding carboxylic acids is 1. The molecule has 0 aliphatic rings. The van der Waals surface area contributed by atoms with Crippen LogP contribution in [-0.2, 0) is 5.41 Å². The molecule has 0 bridgehead atoms. The van der Waals surface area contributed by atoms with Crippen LogP contribution in [0.3, 0.4) is 0 Å². The first-order valence-corrected chi connectivity index (χ1v) is 7.86. The van der Waals surface area contributed by atoms with Crippen LogP contribution in [0.15, 0.2) is 48.5 Å². The molecule has 1 atom stereocenters. The molecule has 0 saturated heterocycles. The van der Waals surface area contributed by atoms with Gasteiger partial charge >= 0.3 is 0 Å². The molecule has 1 N–H and O–H groups in total. The van der Waals surface area contributed by atoms with Gasteiger partial charge < -0.3 is 10.1 Å². The fourth-order valence-electron chi connectivity index (χ4n) is 2.40. The van der Waals surface area contributed by atoms with Crippen molar-refractivity contribution in [2.24, 2.45) is 0 Å². The maximum atomic E-state index is 12.4. The minimum Gasteiger partial charge on any atom is -0.497 e. The Bertz CT molecular complexity index is 669. The Balaban J connectivity index is 2.09. The molecule has 0 heterocycles. The van der Waals surface area contributed by atoms with Crippen molar-refractivity contribution in [2.75, 3.05) is 7.11 Å². The van der Waals surface area contributed by atoms with Crippen LogP contribution >= 0.6 is 0 Å². The highest BCUT2D eigenvalue weighted by Crippen LogP contribution is 2.24. The predicted octanol–water partition coefficient (Wildman–Crippen LogP) is 4.48. The number of ether oxygens (including phenoxy) is 1. The molecule has 0 spiro atoms. The van der Waals surface area contributed by atoms with E-state index < -0.39 is 0 Å². The van der Waals surface area contributed by atoms with Gasteiger partial charge in [0.15, 0.2) is 0 Å². The molecule has 3 nitrogen and oxygen atoms in total. The highest BCUT2D eigenvalue weighted by atomic mass is 16.5. The molecule has 0 aliphatic carbocycles. The molecule has 3 heteroatoms. The molecule has 1 amide bonds. The molecule has 0 unspecified atom stereocenters. The van der Waals surface area contributed by atoms with Gasteiger partial charge in [0.25, 0.3) is 5.91 Å². The van der Waals surface area contributed by atoms with Crippen LogP contribution in [0.1, 0.15) is 55.2 Å². The van der Waals surface area contributed by atoms with Gasteiger partial charge in [-0.25, -0.2) is 0 Å². The normalized spacial score (nSPS) is 12.6. The Morgan fingerprint density at radius 3 is 2.30 bits per heavy atom. The van der Waals surface area contributed by atoms with Crippen molar-refractivity contribution in [2.45, 2.75) is 39.2 Å². The average Bonchev–Trinajstić information content (AvgIpc) is 2.54. The van der Waals surface area contributed by atoms with Crippen LogP contribution < -0.4 is 10.1 Å². The van der Waals surface area contributed by atoms with Gasteiger partial charge in [0.1, 0.15) is 5.75 Å². The fourth-order valence-corrected chi connectivity index (χ4v) is 2.40. The number of hydrogen-bond donors (Lipinski definition) is 1. The van der Waals surface area contributed by atoms with Crippen LogP contribution in [0.4, 0.5) is 0 Å². The number of nitrogens with one attached hydrogen (secondary N) is 1. The van der Waals surface area contributed by atoms with Crippen molar-refractivity contribution in [1.29, 1.82) is 0 Å². The lowest BCUT2D eigenvalue weighted by atomic mass is 9.86. The predicted molar refractivity (Wildman–Crippen MR) is 94.0 cm³/mol. The molecule has 23 heavy (non-hydrogen) atoms. The Morgan fingerprint density at radius 2 is 1.74 bits per heavy atom. The van der Waals surface area contributed by atoms with Crippen LogP contribution in [0, 0.1) is 0 Å². The molecule has 0 radical (unpaired) electrons. The van der Waals surface area contributed by atoms with E-state index in [1.807, 2.05) is 19.1 Å². The summed E-state index contributed by atoms with van der Waals surface area (Å²) in [6.07, 6.45) is 0. The maximum absolute atomic E-state index is 12.4. The van der Waals surface area contributed by atoms with Gasteiger partial charge in [-0.15, -0.1) is 0 Å². The summed E-state index contributed by atoms with van der Waals surface area (Å²) < 4.78 is 5.16. The first-order valence-electron chi connectivity index (χ1n) is 7.86. The second-order valence-corrected chi connectivity index (χ2v) is 6.80. The van der Waals surface area contributed by atoms with E-state index in [-0.39, 0.29) is 17.4 Å². The number of hydrogen-bond acceptors (Lipinski definition) is 2. The standard InChI is InChI=1S/C20H25NO2/c1-14(15-9-11-17(12-10-15)20(2,3)4)21-19(22)16-7-6-8-18(13-16)23-5/h6-14H,1-5H3,(H,21,22)/t14-/m1/s1. The molecule has 0 aliphatic heterocycles. The van der Waals surface area contributed by atoms with Gasteiger partial charge in [0.2, 0.25) is 0 Å². The third-order valence-corrected chi connectivity index (χ3v) is 3.96. The topological polar surface area (TPSA) is 38.3 Å². The second kappa shape index (κ2) is 6.86. The van der Waals surface area contributed by atoms with Gasteiger partial charge in [-0.1, -0.05) is 51.1 Å². The number of amides is 1. The largest absolute Gasteiger partial charge is 0.497 e. The summed E-state index contributed by atoms with van der Waals surface area (Å²) in [4.78, 5) is 12.4. The number of carbonyl (C=O) groups is 1. The molecule has 2 aromatic rings. The zero-order valence-corrected chi connectivity index (χ0v) is 14.5. The van der Waals surface area contributed by atoms with Crippen molar-refractivity contribution in [3.8, 4) is 5.75 Å². The Labute approximate surface area is 138 Å². The van der Waals surface area contributed by atoms with Crippen LogP contribution in [0.5, 0.6) is 5.75 Å². The van der Waals surface area contributed by atoms with E-state index in [0.717, 1.165) is 5.56 Å². The third kappa shape index (κ3) is 4.35. The van der Waals surface area contributed by atoms with Crippen molar-refractivity contribution in [1.82, 2.24) is 5.32 Å². The van der Waals surface area contributed by atoms with Crippen LogP contribution in [-0.4, -0.2) is 13.0 Å². The van der Waals surface area contributed by atoms with E-state index >= 15 is 0 Å². The average molecular weight is 311 g/mol. The molecule has 122 valence electrons. The Morgan fingerprint density at radius 1 is 1.09 bits per heavy atom. The smallest absolute Gasteiger partial charge is 0.251 e. The minimum absolute atomic E-state index is 0.0530. The van der Waals surface area contributed by atoms with E-state index in [2.05, 4.69) is 50.4 Å². The van der Waals surface area contributed by atoms with Crippen molar-refractivity contribution < 1.29 is 9.53 Å². The van der Waals surface area contributed by atoms with Crippen molar-refractivity contribution >= 4 is 5.91 Å². The first-order chi connectivity index (χ1) is 10.8. The van der Waals surface area contributed by atoms with Gasteiger partial charge in [-0.3, -0.25) is 4.79 Å². The second-order valence-electron chi connectivity index (χ2n) is 6.80. The SMILES string of the molecule is COc1cccc(C(=O)N[C@H](C)c2ccc(C(C)(C)C)cc2)c1. The lowest BCUT2D eigenvalue weighted by Crippen LogP contribution is -2.26. The molecule has 0 fully saturated rings. The molecular weight excluding hydrogens is 286 g/mol. The van der Waals surface area contributed by atoms with E-state index in [4.69, 9.17) is 4.74 Å². The van der Waals surface area contributed by atoms with Crippen LogP contribution in [0.2, 0.25) is 0 Å². The fraction of sp³-hybridized carbons (Fsp3) is 0.350. The van der Waals surface area contributed by atoms with Crippen molar-refractivity contribution in [3.63, 3.8) is 0 Å². The lowest BCUT2D eigenvalue weighted by molar-refractivity contribution is 0.0939. The summed E-state index contributed by atoms with van der Waals surface area (Å²) in [6.45, 7) is 8.56. The zero-order valence-electron chi connectivity index (χ0n) is 14.5. The van der Waals surface area contributed by atoms with Gasteiger partial charge in [-0.05, 0) is 41.7 Å². The Hall–Kier alpha value is -2.29.